The van der Waals surface area contributed by atoms with Crippen molar-refractivity contribution in [3.05, 3.63) is 39.8 Å². The van der Waals surface area contributed by atoms with Crippen LogP contribution in [0.25, 0.3) is 11.5 Å². The van der Waals surface area contributed by atoms with Crippen LogP contribution in [0, 0.1) is 13.8 Å². The Bertz CT molecular complexity index is 379. The summed E-state index contributed by atoms with van der Waals surface area (Å²) in [5.74, 6) is 0. The van der Waals surface area contributed by atoms with Crippen molar-refractivity contribution in [3.63, 3.8) is 0 Å². The molecule has 20 heavy (non-hydrogen) atoms. The van der Waals surface area contributed by atoms with Gasteiger partial charge in [-0.25, -0.2) is 6.07 Å². The Morgan fingerprint density at radius 3 is 2.00 bits per heavy atom. The average molecular weight is 354 g/mol. The minimum absolute atomic E-state index is 0. The van der Waals surface area contributed by atoms with Gasteiger partial charge in [0, 0.05) is 12.8 Å². The second-order valence-corrected chi connectivity index (χ2v) is 6.55. The zero-order valence-electron chi connectivity index (χ0n) is 11.6. The number of nitrogens with one attached hydrogen (secondary N) is 2. The Balaban J connectivity index is 0. The van der Waals surface area contributed by atoms with Gasteiger partial charge in [-0.05, 0) is 0 Å². The van der Waals surface area contributed by atoms with Gasteiger partial charge in [-0.2, -0.15) is 22.3 Å². The van der Waals surface area contributed by atoms with Crippen molar-refractivity contribution in [1.29, 1.82) is 0 Å². The molecule has 0 saturated carbocycles. The predicted molar refractivity (Wildman–Crippen MR) is 80.6 cm³/mol. The third-order valence-electron chi connectivity index (χ3n) is 2.95. The normalized spacial score (nSPS) is 11.0. The van der Waals surface area contributed by atoms with Crippen molar-refractivity contribution in [3.8, 4) is 0 Å². The summed E-state index contributed by atoms with van der Waals surface area (Å²) in [5.41, 5.74) is 17.4. The summed E-state index contributed by atoms with van der Waals surface area (Å²) in [6.07, 6.45) is 5.45. The molecule has 2 amide bonds. The molecule has 4 nitrogen and oxygen atoms in total. The van der Waals surface area contributed by atoms with Crippen LogP contribution in [0.15, 0.2) is 6.07 Å². The van der Waals surface area contributed by atoms with Crippen molar-refractivity contribution in [2.45, 2.75) is 39.5 Å². The van der Waals surface area contributed by atoms with Gasteiger partial charge in [0.2, 0.25) is 0 Å². The molecule has 1 aliphatic carbocycles. The van der Waals surface area contributed by atoms with E-state index in [1.54, 1.807) is 16.7 Å². The van der Waals surface area contributed by atoms with Crippen molar-refractivity contribution >= 4 is 31.4 Å². The van der Waals surface area contributed by atoms with Crippen LogP contribution in [0.2, 0.25) is 0 Å². The molecule has 1 aliphatic rings. The number of carbonyl (C=O) groups excluding carboxylic acids is 2. The monoisotopic (exact) mass is 353 g/mol. The number of hydrogen-bond acceptors (Lipinski definition) is 2. The Kier molecular flexibility index (Phi) is 16.4. The molecule has 0 radical (unpaired) electrons. The second kappa shape index (κ2) is 15.0. The van der Waals surface area contributed by atoms with Gasteiger partial charge in [-0.1, -0.05) is 39.5 Å². The maximum atomic E-state index is 8.47. The first-order chi connectivity index (χ1) is 9.53. The zero-order valence-corrected chi connectivity index (χ0v) is 14.7. The van der Waals surface area contributed by atoms with Gasteiger partial charge in [0.05, 0.1) is 0 Å². The van der Waals surface area contributed by atoms with E-state index in [1.807, 2.05) is 0 Å². The van der Waals surface area contributed by atoms with Gasteiger partial charge >= 0.3 is 35.6 Å². The smallest absolute Gasteiger partial charge is 0.0344 e. The summed E-state index contributed by atoms with van der Waals surface area (Å²) in [5, 5.41) is 0. The van der Waals surface area contributed by atoms with Gasteiger partial charge in [0.25, 0.3) is 0 Å². The van der Waals surface area contributed by atoms with E-state index < -0.39 is 17.0 Å². The molecule has 114 valence electrons. The fourth-order valence-electron chi connectivity index (χ4n) is 2.12. The van der Waals surface area contributed by atoms with E-state index in [1.165, 1.54) is 31.2 Å². The van der Waals surface area contributed by atoms with Gasteiger partial charge in [0.15, 0.2) is 0 Å². The van der Waals surface area contributed by atoms with E-state index in [4.69, 9.17) is 39.7 Å². The molecule has 0 spiro atoms. The molecule has 1 aromatic rings. The first-order valence-corrected chi connectivity index (χ1v) is 10.3. The van der Waals surface area contributed by atoms with Gasteiger partial charge in [-0.15, -0.1) is 0 Å². The van der Waals surface area contributed by atoms with E-state index in [0.29, 0.717) is 0 Å². The van der Waals surface area contributed by atoms with Gasteiger partial charge in [-0.3, -0.25) is 0 Å². The average Bonchev–Trinajstić information content (AvgIpc) is 2.69. The van der Waals surface area contributed by atoms with Crippen molar-refractivity contribution < 1.29 is 26.6 Å². The van der Waals surface area contributed by atoms with E-state index >= 15 is 0 Å². The zero-order chi connectivity index (χ0) is 16.0. The molecule has 0 aromatic heterocycles. The molecule has 0 aliphatic heterocycles. The van der Waals surface area contributed by atoms with Crippen LogP contribution in [0.4, 0.5) is 0 Å². The number of aryl methyl sites for hydroxylation is 2. The summed E-state index contributed by atoms with van der Waals surface area (Å²) in [6.45, 7) is 4.49. The molecular weight excluding hydrogens is 335 g/mol. The summed E-state index contributed by atoms with van der Waals surface area (Å²) in [4.78, 5) is 16.9. The standard InChI is InChI=1S/C11H15.2CH3NO.2ClH.Ti/c1-8-7-10-5-3-4-6-11(10)9(8)2;2*2-1-3;;;/h7H,3-6H2,1-2H3;2*1H,(H2,2,3);2*1H;/q-1;;;;;+2/p-4. The molecule has 0 heterocycles. The van der Waals surface area contributed by atoms with Crippen LogP contribution in [-0.2, 0) is 39.5 Å². The van der Waals surface area contributed by atoms with Crippen LogP contribution in [0.3, 0.4) is 0 Å². The topological polar surface area (TPSA) is 81.7 Å². The largest absolute Gasteiger partial charge is 0.671 e. The number of rotatable bonds is 0. The second-order valence-electron chi connectivity index (χ2n) is 3.97. The molecule has 1 aromatic carbocycles. The maximum absolute atomic E-state index is 8.47. The quantitative estimate of drug-likeness (QED) is 0.385. The third kappa shape index (κ3) is 9.48. The fourth-order valence-corrected chi connectivity index (χ4v) is 2.12. The van der Waals surface area contributed by atoms with Crippen LogP contribution >= 0.6 is 18.6 Å². The molecular formula is C13H19Cl2N2O2Ti-3. The van der Waals surface area contributed by atoms with E-state index in [-0.39, 0.29) is 12.8 Å². The van der Waals surface area contributed by atoms with E-state index in [0.717, 1.165) is 0 Å². The molecule has 0 atom stereocenters. The molecule has 0 saturated heterocycles. The van der Waals surface area contributed by atoms with Crippen molar-refractivity contribution in [2.24, 2.45) is 0 Å². The third-order valence-corrected chi connectivity index (χ3v) is 2.95. The molecule has 2 N–H and O–H groups in total. The van der Waals surface area contributed by atoms with E-state index in [9.17, 15) is 0 Å². The summed E-state index contributed by atoms with van der Waals surface area (Å²) < 4.78 is 0. The Labute approximate surface area is 137 Å². The Hall–Kier alpha value is -0.416. The van der Waals surface area contributed by atoms with Crippen LogP contribution < -0.4 is 0 Å². The van der Waals surface area contributed by atoms with Crippen LogP contribution in [-0.4, -0.2) is 12.8 Å². The molecule has 2 rings (SSSR count). The van der Waals surface area contributed by atoms with Crippen molar-refractivity contribution in [1.82, 2.24) is 0 Å². The number of carbonyl (C=O) groups is 2. The number of halogens is 2. The first kappa shape index (κ1) is 21.9. The number of fused-ring (bicyclic) bond motifs is 1. The predicted octanol–water partition coefficient (Wildman–Crippen LogP) is 4.67. The molecule has 0 fully saturated rings. The fraction of sp³-hybridized carbons (Fsp3) is 0.462. The van der Waals surface area contributed by atoms with Crippen molar-refractivity contribution in [2.75, 3.05) is 0 Å². The van der Waals surface area contributed by atoms with Crippen LogP contribution in [0.5, 0.6) is 0 Å². The number of hydrogen-bond donors (Lipinski definition) is 0. The summed E-state index contributed by atoms with van der Waals surface area (Å²) in [6, 6.07) is 2.38. The Morgan fingerprint density at radius 1 is 1.20 bits per heavy atom. The van der Waals surface area contributed by atoms with Gasteiger partial charge < -0.3 is 21.1 Å². The Morgan fingerprint density at radius 2 is 1.60 bits per heavy atom. The first-order valence-electron chi connectivity index (χ1n) is 5.96. The molecule has 0 bridgehead atoms. The number of amides is 2. The minimum atomic E-state index is -0.556. The molecule has 0 unspecified atom stereocenters. The minimum Gasteiger partial charge on any atom is -0.671 e. The molecule has 7 heteroatoms. The summed E-state index contributed by atoms with van der Waals surface area (Å²) in [7, 11) is 9.78. The van der Waals surface area contributed by atoms with Gasteiger partial charge in [0.1, 0.15) is 0 Å². The maximum Gasteiger partial charge on any atom is 0.0344 e. The summed E-state index contributed by atoms with van der Waals surface area (Å²) >= 11 is -0.556. The van der Waals surface area contributed by atoms with E-state index in [2.05, 4.69) is 19.9 Å². The van der Waals surface area contributed by atoms with Crippen LogP contribution in [0.1, 0.15) is 35.1 Å². The SMILES string of the molecule is Cc1cc2c([c-]1C)CCCC2.[Cl][Ti][Cl].[NH-]C=O.[NH-]C=O.